The summed E-state index contributed by atoms with van der Waals surface area (Å²) in [7, 11) is 0. The molecule has 0 radical (unpaired) electrons. The predicted molar refractivity (Wildman–Crippen MR) is 93.0 cm³/mol. The molecule has 2 aromatic rings. The molecule has 0 amide bonds. The number of alkyl halides is 1. The van der Waals surface area contributed by atoms with Crippen molar-refractivity contribution in [2.24, 2.45) is 0 Å². The largest absolute Gasteiger partial charge is 0.494 e. The van der Waals surface area contributed by atoms with Crippen LogP contribution < -0.4 is 9.47 Å². The standard InChI is InChI=1S/C18H23BrO2/c1-3-4-11-20-16-7-8-17-14(2)18(21-12-5-10-19)9-6-15(17)13-16/h6-9,13H,3-5,10-12H2,1-2H3. The minimum atomic E-state index is 0.746. The summed E-state index contributed by atoms with van der Waals surface area (Å²) in [6, 6.07) is 10.5. The van der Waals surface area contributed by atoms with Crippen LogP contribution in [0.2, 0.25) is 0 Å². The monoisotopic (exact) mass is 350 g/mol. The first-order valence-electron chi connectivity index (χ1n) is 7.61. The van der Waals surface area contributed by atoms with Gasteiger partial charge in [0.2, 0.25) is 0 Å². The minimum Gasteiger partial charge on any atom is -0.494 e. The summed E-state index contributed by atoms with van der Waals surface area (Å²) < 4.78 is 11.6. The first-order chi connectivity index (χ1) is 10.3. The van der Waals surface area contributed by atoms with Gasteiger partial charge in [0.25, 0.3) is 0 Å². The van der Waals surface area contributed by atoms with Crippen molar-refractivity contribution in [3.8, 4) is 11.5 Å². The first kappa shape index (κ1) is 16.2. The Balaban J connectivity index is 2.15. The van der Waals surface area contributed by atoms with Crippen LogP contribution in [0.5, 0.6) is 11.5 Å². The highest BCUT2D eigenvalue weighted by molar-refractivity contribution is 9.09. The quantitative estimate of drug-likeness (QED) is 0.462. The Hall–Kier alpha value is -1.22. The van der Waals surface area contributed by atoms with Gasteiger partial charge < -0.3 is 9.47 Å². The topological polar surface area (TPSA) is 18.5 Å². The van der Waals surface area contributed by atoms with Crippen molar-refractivity contribution < 1.29 is 9.47 Å². The van der Waals surface area contributed by atoms with Crippen molar-refractivity contribution >= 4 is 26.7 Å². The van der Waals surface area contributed by atoms with Crippen molar-refractivity contribution in [1.29, 1.82) is 0 Å². The van der Waals surface area contributed by atoms with Gasteiger partial charge in [0, 0.05) is 5.33 Å². The molecule has 3 heteroatoms. The molecule has 0 aliphatic rings. The first-order valence-corrected chi connectivity index (χ1v) is 8.73. The molecule has 114 valence electrons. The maximum absolute atomic E-state index is 5.83. The molecule has 21 heavy (non-hydrogen) atoms. The molecule has 2 nitrogen and oxygen atoms in total. The van der Waals surface area contributed by atoms with E-state index in [-0.39, 0.29) is 0 Å². The molecule has 2 aromatic carbocycles. The van der Waals surface area contributed by atoms with E-state index < -0.39 is 0 Å². The van der Waals surface area contributed by atoms with Gasteiger partial charge in [-0.3, -0.25) is 0 Å². The van der Waals surface area contributed by atoms with Gasteiger partial charge in [-0.05, 0) is 54.3 Å². The Morgan fingerprint density at radius 3 is 2.57 bits per heavy atom. The molecule has 0 heterocycles. The summed E-state index contributed by atoms with van der Waals surface area (Å²) in [6.45, 7) is 5.82. The van der Waals surface area contributed by atoms with Gasteiger partial charge in [-0.1, -0.05) is 41.4 Å². The highest BCUT2D eigenvalue weighted by Crippen LogP contribution is 2.30. The van der Waals surface area contributed by atoms with Crippen molar-refractivity contribution in [1.82, 2.24) is 0 Å². The Kier molecular flexibility index (Phi) is 6.37. The average molecular weight is 351 g/mol. The SMILES string of the molecule is CCCCOc1ccc2c(C)c(OCCCBr)ccc2c1. The molecule has 2 rings (SSSR count). The lowest BCUT2D eigenvalue weighted by Crippen LogP contribution is -2.00. The van der Waals surface area contributed by atoms with E-state index in [4.69, 9.17) is 9.47 Å². The van der Waals surface area contributed by atoms with Gasteiger partial charge in [0.1, 0.15) is 11.5 Å². The van der Waals surface area contributed by atoms with E-state index in [0.717, 1.165) is 49.3 Å². The fraction of sp³-hybridized carbons (Fsp3) is 0.444. The zero-order valence-electron chi connectivity index (χ0n) is 12.8. The van der Waals surface area contributed by atoms with E-state index in [9.17, 15) is 0 Å². The van der Waals surface area contributed by atoms with Crippen molar-refractivity contribution in [3.63, 3.8) is 0 Å². The van der Waals surface area contributed by atoms with Crippen LogP contribution in [0.25, 0.3) is 10.8 Å². The predicted octanol–water partition coefficient (Wildman–Crippen LogP) is 5.49. The van der Waals surface area contributed by atoms with Gasteiger partial charge in [-0.25, -0.2) is 0 Å². The Bertz CT molecular complexity index is 581. The number of halogens is 1. The van der Waals surface area contributed by atoms with Crippen LogP contribution in [-0.4, -0.2) is 18.5 Å². The highest BCUT2D eigenvalue weighted by Gasteiger charge is 2.06. The fourth-order valence-electron chi connectivity index (χ4n) is 2.26. The summed E-state index contributed by atoms with van der Waals surface area (Å²) in [5.74, 6) is 1.92. The van der Waals surface area contributed by atoms with Crippen LogP contribution in [0, 0.1) is 6.92 Å². The van der Waals surface area contributed by atoms with E-state index in [0.29, 0.717) is 0 Å². The van der Waals surface area contributed by atoms with Crippen molar-refractivity contribution in [2.45, 2.75) is 33.1 Å². The van der Waals surface area contributed by atoms with Crippen LogP contribution in [-0.2, 0) is 0 Å². The Morgan fingerprint density at radius 1 is 1.00 bits per heavy atom. The summed E-state index contributed by atoms with van der Waals surface area (Å²) in [5, 5.41) is 3.40. The molecular formula is C18H23BrO2. The lowest BCUT2D eigenvalue weighted by Gasteiger charge is -2.12. The van der Waals surface area contributed by atoms with E-state index in [1.54, 1.807) is 0 Å². The number of fused-ring (bicyclic) bond motifs is 1. The summed E-state index contributed by atoms with van der Waals surface area (Å²) in [4.78, 5) is 0. The lowest BCUT2D eigenvalue weighted by molar-refractivity contribution is 0.309. The summed E-state index contributed by atoms with van der Waals surface area (Å²) in [5.41, 5.74) is 1.20. The van der Waals surface area contributed by atoms with Crippen LogP contribution in [0.1, 0.15) is 31.7 Å². The van der Waals surface area contributed by atoms with Crippen molar-refractivity contribution in [3.05, 3.63) is 35.9 Å². The molecule has 0 atom stereocenters. The third-order valence-electron chi connectivity index (χ3n) is 3.51. The maximum atomic E-state index is 5.83. The molecule has 0 aromatic heterocycles. The maximum Gasteiger partial charge on any atom is 0.122 e. The second-order valence-corrected chi connectivity index (χ2v) is 5.96. The molecule has 0 fully saturated rings. The molecule has 0 spiro atoms. The van der Waals surface area contributed by atoms with Gasteiger partial charge in [0.15, 0.2) is 0 Å². The van der Waals surface area contributed by atoms with Gasteiger partial charge in [0.05, 0.1) is 13.2 Å². The smallest absolute Gasteiger partial charge is 0.122 e. The zero-order valence-corrected chi connectivity index (χ0v) is 14.4. The van der Waals surface area contributed by atoms with E-state index in [1.807, 2.05) is 6.07 Å². The fourth-order valence-corrected chi connectivity index (χ4v) is 2.49. The van der Waals surface area contributed by atoms with Gasteiger partial charge in [-0.15, -0.1) is 0 Å². The van der Waals surface area contributed by atoms with E-state index >= 15 is 0 Å². The lowest BCUT2D eigenvalue weighted by atomic mass is 10.0. The van der Waals surface area contributed by atoms with Gasteiger partial charge in [-0.2, -0.15) is 0 Å². The number of benzene rings is 2. The second kappa shape index (κ2) is 8.28. The number of aryl methyl sites for hydroxylation is 1. The normalized spacial score (nSPS) is 10.8. The third kappa shape index (κ3) is 4.37. The van der Waals surface area contributed by atoms with Gasteiger partial charge >= 0.3 is 0 Å². The van der Waals surface area contributed by atoms with Crippen LogP contribution >= 0.6 is 15.9 Å². The minimum absolute atomic E-state index is 0.746. The van der Waals surface area contributed by atoms with Crippen LogP contribution in [0.15, 0.2) is 30.3 Å². The van der Waals surface area contributed by atoms with Crippen LogP contribution in [0.3, 0.4) is 0 Å². The molecule has 0 N–H and O–H groups in total. The molecule has 0 unspecified atom stereocenters. The second-order valence-electron chi connectivity index (χ2n) is 5.16. The molecular weight excluding hydrogens is 328 g/mol. The van der Waals surface area contributed by atoms with Crippen LogP contribution in [0.4, 0.5) is 0 Å². The summed E-state index contributed by atoms with van der Waals surface area (Å²) in [6.07, 6.45) is 3.26. The van der Waals surface area contributed by atoms with E-state index in [1.165, 1.54) is 16.3 Å². The number of hydrogen-bond acceptors (Lipinski definition) is 2. The Morgan fingerprint density at radius 2 is 1.81 bits per heavy atom. The average Bonchev–Trinajstić information content (AvgIpc) is 2.50. The number of hydrogen-bond donors (Lipinski definition) is 0. The third-order valence-corrected chi connectivity index (χ3v) is 4.07. The number of ether oxygens (including phenoxy) is 2. The van der Waals surface area contributed by atoms with Crippen molar-refractivity contribution in [2.75, 3.05) is 18.5 Å². The highest BCUT2D eigenvalue weighted by atomic mass is 79.9. The molecule has 0 aliphatic heterocycles. The molecule has 0 bridgehead atoms. The number of unbranched alkanes of at least 4 members (excludes halogenated alkanes) is 1. The van der Waals surface area contributed by atoms with E-state index in [2.05, 4.69) is 54.0 Å². The summed E-state index contributed by atoms with van der Waals surface area (Å²) >= 11 is 3.42. The number of rotatable bonds is 8. The molecule has 0 aliphatic carbocycles. The molecule has 0 saturated heterocycles. The Labute approximate surface area is 135 Å². The molecule has 0 saturated carbocycles. The zero-order chi connectivity index (χ0) is 15.1.